The number of likely N-dealkylation sites (N-methyl/N-ethyl adjacent to an activating group) is 1. The minimum absolute atomic E-state index is 0. The van der Waals surface area contributed by atoms with E-state index >= 15 is 0 Å². The molecule has 0 amide bonds. The predicted octanol–water partition coefficient (Wildman–Crippen LogP) is 3.56. The van der Waals surface area contributed by atoms with Gasteiger partial charge in [-0.25, -0.2) is 0 Å². The summed E-state index contributed by atoms with van der Waals surface area (Å²) in [7, 11) is 0. The molecule has 2 heterocycles. The van der Waals surface area contributed by atoms with Crippen molar-refractivity contribution < 1.29 is 0 Å². The maximum absolute atomic E-state index is 4.77. The molecule has 2 aromatic rings. The van der Waals surface area contributed by atoms with Crippen LogP contribution in [0.4, 0.5) is 5.69 Å². The van der Waals surface area contributed by atoms with Crippen molar-refractivity contribution >= 4 is 35.6 Å². The lowest BCUT2D eigenvalue weighted by Gasteiger charge is -2.24. The molecule has 1 aromatic heterocycles. The molecule has 0 atom stereocenters. The van der Waals surface area contributed by atoms with Crippen LogP contribution in [0.3, 0.4) is 0 Å². The number of fused-ring (bicyclic) bond motifs is 1. The number of guanidine groups is 1. The van der Waals surface area contributed by atoms with Gasteiger partial charge in [0.1, 0.15) is 11.6 Å². The third kappa shape index (κ3) is 7.66. The molecule has 2 N–H and O–H groups in total. The summed E-state index contributed by atoms with van der Waals surface area (Å²) in [6, 6.07) is 8.68. The van der Waals surface area contributed by atoms with Gasteiger partial charge in [-0.15, -0.1) is 34.2 Å². The van der Waals surface area contributed by atoms with Gasteiger partial charge in [0.2, 0.25) is 0 Å². The Labute approximate surface area is 204 Å². The summed E-state index contributed by atoms with van der Waals surface area (Å²) in [5.74, 6) is 3.09. The number of aromatic nitrogens is 3. The molecule has 0 aliphatic carbocycles. The van der Waals surface area contributed by atoms with Crippen LogP contribution >= 0.6 is 24.0 Å². The van der Waals surface area contributed by atoms with E-state index in [1.54, 1.807) is 0 Å². The van der Waals surface area contributed by atoms with Crippen LogP contribution in [0.15, 0.2) is 29.3 Å². The van der Waals surface area contributed by atoms with E-state index in [9.17, 15) is 0 Å². The minimum Gasteiger partial charge on any atom is -0.370 e. The first-order valence-corrected chi connectivity index (χ1v) is 11.5. The third-order valence-electron chi connectivity index (χ3n) is 5.56. The highest BCUT2D eigenvalue weighted by atomic mass is 127. The number of hydrogen-bond acceptors (Lipinski definition) is 4. The average molecular weight is 540 g/mol. The van der Waals surface area contributed by atoms with E-state index in [4.69, 9.17) is 4.99 Å². The van der Waals surface area contributed by atoms with Crippen LogP contribution in [0.5, 0.6) is 0 Å². The SMILES string of the molecule is CCNC(=NCCc1nnc2n1CCCCC2)NCCN(CC)c1cccc(C)c1.I. The predicted molar refractivity (Wildman–Crippen MR) is 140 cm³/mol. The standard InChI is InChI=1S/C23H37N7.HI/c1-4-24-23(26-15-17-29(5-2)20-11-9-10-19(3)18-20)25-14-13-22-28-27-21-12-7-6-8-16-30(21)22;/h9-11,18H,4-8,12-17H2,1-3H3,(H2,24,25,26);1H. The molecule has 172 valence electrons. The van der Waals surface area contributed by atoms with Gasteiger partial charge in [0.25, 0.3) is 0 Å². The maximum Gasteiger partial charge on any atom is 0.191 e. The molecule has 3 rings (SSSR count). The minimum atomic E-state index is 0. The number of nitrogens with zero attached hydrogens (tertiary/aromatic N) is 5. The van der Waals surface area contributed by atoms with Gasteiger partial charge in [-0.2, -0.15) is 0 Å². The molecule has 0 unspecified atom stereocenters. The lowest BCUT2D eigenvalue weighted by atomic mass is 10.2. The van der Waals surface area contributed by atoms with Gasteiger partial charge in [-0.05, 0) is 51.3 Å². The first kappa shape index (κ1) is 25.4. The lowest BCUT2D eigenvalue weighted by Crippen LogP contribution is -2.41. The van der Waals surface area contributed by atoms with Gasteiger partial charge in [0.15, 0.2) is 5.96 Å². The van der Waals surface area contributed by atoms with Crippen LogP contribution in [-0.2, 0) is 19.4 Å². The Morgan fingerprint density at radius 1 is 1.16 bits per heavy atom. The Hall–Kier alpha value is -1.84. The van der Waals surface area contributed by atoms with Crippen LogP contribution in [0, 0.1) is 6.92 Å². The zero-order valence-electron chi connectivity index (χ0n) is 19.2. The second-order valence-electron chi connectivity index (χ2n) is 7.85. The molecule has 31 heavy (non-hydrogen) atoms. The van der Waals surface area contributed by atoms with Crippen molar-refractivity contribution in [2.24, 2.45) is 4.99 Å². The number of anilines is 1. The number of aryl methyl sites for hydroxylation is 2. The zero-order valence-corrected chi connectivity index (χ0v) is 21.6. The molecular weight excluding hydrogens is 501 g/mol. The molecule has 0 spiro atoms. The van der Waals surface area contributed by atoms with Crippen molar-refractivity contribution in [3.63, 3.8) is 0 Å². The molecule has 0 saturated heterocycles. The van der Waals surface area contributed by atoms with Crippen molar-refractivity contribution in [1.29, 1.82) is 0 Å². The molecule has 0 radical (unpaired) electrons. The van der Waals surface area contributed by atoms with Crippen LogP contribution in [0.1, 0.15) is 50.3 Å². The largest absolute Gasteiger partial charge is 0.370 e. The highest BCUT2D eigenvalue weighted by molar-refractivity contribution is 14.0. The quantitative estimate of drug-likeness (QED) is 0.290. The highest BCUT2D eigenvalue weighted by Gasteiger charge is 2.14. The summed E-state index contributed by atoms with van der Waals surface area (Å²) in [4.78, 5) is 7.15. The number of halogens is 1. The maximum atomic E-state index is 4.77. The fourth-order valence-corrected chi connectivity index (χ4v) is 3.94. The number of nitrogens with one attached hydrogen (secondary N) is 2. The normalized spacial score (nSPS) is 13.7. The first-order chi connectivity index (χ1) is 14.7. The van der Waals surface area contributed by atoms with Gasteiger partial charge >= 0.3 is 0 Å². The molecule has 7 nitrogen and oxygen atoms in total. The lowest BCUT2D eigenvalue weighted by molar-refractivity contribution is 0.604. The fourth-order valence-electron chi connectivity index (χ4n) is 3.94. The summed E-state index contributed by atoms with van der Waals surface area (Å²) >= 11 is 0. The summed E-state index contributed by atoms with van der Waals surface area (Å²) < 4.78 is 2.31. The van der Waals surface area contributed by atoms with E-state index in [0.29, 0.717) is 6.54 Å². The number of rotatable bonds is 9. The van der Waals surface area contributed by atoms with E-state index in [-0.39, 0.29) is 24.0 Å². The van der Waals surface area contributed by atoms with Crippen molar-refractivity contribution in [3.8, 4) is 0 Å². The molecule has 8 heteroatoms. The number of aliphatic imine (C=N–C) groups is 1. The van der Waals surface area contributed by atoms with Crippen molar-refractivity contribution in [1.82, 2.24) is 25.4 Å². The molecule has 0 fully saturated rings. The summed E-state index contributed by atoms with van der Waals surface area (Å²) in [5.41, 5.74) is 2.56. The smallest absolute Gasteiger partial charge is 0.191 e. The fraction of sp³-hybridized carbons (Fsp3) is 0.609. The molecule has 0 bridgehead atoms. The molecule has 1 aliphatic heterocycles. The van der Waals surface area contributed by atoms with E-state index in [2.05, 4.69) is 75.3 Å². The van der Waals surface area contributed by atoms with Crippen molar-refractivity contribution in [2.75, 3.05) is 37.6 Å². The Morgan fingerprint density at radius 3 is 2.81 bits per heavy atom. The Bertz CT molecular complexity index is 818. The van der Waals surface area contributed by atoms with Gasteiger partial charge in [0, 0.05) is 57.8 Å². The van der Waals surface area contributed by atoms with Crippen LogP contribution in [-0.4, -0.2) is 53.4 Å². The molecule has 1 aliphatic rings. The Kier molecular flexibility index (Phi) is 11.1. The van der Waals surface area contributed by atoms with Crippen molar-refractivity contribution in [2.45, 2.75) is 59.4 Å². The second-order valence-corrected chi connectivity index (χ2v) is 7.85. The summed E-state index contributed by atoms with van der Waals surface area (Å²) in [6.07, 6.45) is 5.61. The summed E-state index contributed by atoms with van der Waals surface area (Å²) in [5, 5.41) is 15.6. The van der Waals surface area contributed by atoms with Gasteiger partial charge < -0.3 is 20.1 Å². The highest BCUT2D eigenvalue weighted by Crippen LogP contribution is 2.15. The Morgan fingerprint density at radius 2 is 2.03 bits per heavy atom. The number of hydrogen-bond donors (Lipinski definition) is 2. The van der Waals surface area contributed by atoms with E-state index in [1.165, 1.54) is 30.5 Å². The van der Waals surface area contributed by atoms with E-state index in [0.717, 1.165) is 63.2 Å². The van der Waals surface area contributed by atoms with Gasteiger partial charge in [0.05, 0.1) is 0 Å². The van der Waals surface area contributed by atoms with Gasteiger partial charge in [-0.3, -0.25) is 4.99 Å². The first-order valence-electron chi connectivity index (χ1n) is 11.5. The van der Waals surface area contributed by atoms with Crippen LogP contribution in [0.25, 0.3) is 0 Å². The second kappa shape index (κ2) is 13.5. The van der Waals surface area contributed by atoms with Gasteiger partial charge in [-0.1, -0.05) is 18.6 Å². The van der Waals surface area contributed by atoms with Crippen molar-refractivity contribution in [3.05, 3.63) is 41.5 Å². The molecular formula is C23H38IN7. The zero-order chi connectivity index (χ0) is 21.2. The number of benzene rings is 1. The van der Waals surface area contributed by atoms with E-state index < -0.39 is 0 Å². The average Bonchev–Trinajstić information content (AvgIpc) is 2.97. The molecule has 0 saturated carbocycles. The third-order valence-corrected chi connectivity index (χ3v) is 5.56. The van der Waals surface area contributed by atoms with Crippen LogP contribution in [0.2, 0.25) is 0 Å². The topological polar surface area (TPSA) is 70.4 Å². The summed E-state index contributed by atoms with van der Waals surface area (Å²) in [6.45, 7) is 11.8. The van der Waals surface area contributed by atoms with Crippen LogP contribution < -0.4 is 15.5 Å². The monoisotopic (exact) mass is 539 g/mol. The molecule has 1 aromatic carbocycles. The van der Waals surface area contributed by atoms with E-state index in [1.807, 2.05) is 0 Å². The Balaban J connectivity index is 0.00000341.